The number of carbonyl (C=O) groups excluding carboxylic acids is 2. The number of ether oxygens (including phenoxy) is 1. The Morgan fingerprint density at radius 2 is 1.91 bits per heavy atom. The molecule has 1 aliphatic heterocycles. The minimum atomic E-state index is -0.520. The fourth-order valence-electron chi connectivity index (χ4n) is 3.05. The normalized spacial score (nSPS) is 22.8. The van der Waals surface area contributed by atoms with Crippen LogP contribution in [0.25, 0.3) is 0 Å². The summed E-state index contributed by atoms with van der Waals surface area (Å²) >= 11 is 0. The molecule has 0 saturated carbocycles. The highest BCUT2D eigenvalue weighted by molar-refractivity contribution is 5.95. The average molecular weight is 303 g/mol. The second kappa shape index (κ2) is 6.95. The van der Waals surface area contributed by atoms with Crippen molar-refractivity contribution in [3.05, 3.63) is 35.9 Å². The molecule has 4 nitrogen and oxygen atoms in total. The van der Waals surface area contributed by atoms with Gasteiger partial charge in [-0.2, -0.15) is 0 Å². The number of benzene rings is 1. The fraction of sp³-hybridized carbons (Fsp3) is 0.556. The lowest BCUT2D eigenvalue weighted by molar-refractivity contribution is -0.134. The highest BCUT2D eigenvalue weighted by Gasteiger charge is 2.44. The second-order valence-corrected chi connectivity index (χ2v) is 6.40. The van der Waals surface area contributed by atoms with Gasteiger partial charge in [0.2, 0.25) is 5.91 Å². The highest BCUT2D eigenvalue weighted by atomic mass is 16.6. The molecule has 22 heavy (non-hydrogen) atoms. The molecule has 1 heterocycles. The Hall–Kier alpha value is -1.84. The number of hydrogen-bond acceptors (Lipinski definition) is 3. The summed E-state index contributed by atoms with van der Waals surface area (Å²) < 4.78 is 5.46. The zero-order chi connectivity index (χ0) is 16.3. The topological polar surface area (TPSA) is 46.6 Å². The predicted octanol–water partition coefficient (Wildman–Crippen LogP) is 4.17. The van der Waals surface area contributed by atoms with E-state index >= 15 is 0 Å². The summed E-state index contributed by atoms with van der Waals surface area (Å²) in [6.45, 7) is 8.05. The van der Waals surface area contributed by atoms with Crippen LogP contribution in [0.15, 0.2) is 30.3 Å². The quantitative estimate of drug-likeness (QED) is 0.820. The maximum Gasteiger partial charge on any atom is 0.417 e. The van der Waals surface area contributed by atoms with Crippen LogP contribution in [0, 0.1) is 11.8 Å². The van der Waals surface area contributed by atoms with Crippen LogP contribution < -0.4 is 0 Å². The molecule has 0 radical (unpaired) electrons. The van der Waals surface area contributed by atoms with E-state index in [1.807, 2.05) is 44.2 Å². The number of rotatable bonds is 5. The first-order chi connectivity index (χ1) is 10.5. The maximum absolute atomic E-state index is 12.7. The predicted molar refractivity (Wildman–Crippen MR) is 85.2 cm³/mol. The van der Waals surface area contributed by atoms with Crippen LogP contribution in [0.5, 0.6) is 0 Å². The van der Waals surface area contributed by atoms with Gasteiger partial charge in [-0.05, 0) is 31.2 Å². The van der Waals surface area contributed by atoms with Gasteiger partial charge in [-0.15, -0.1) is 0 Å². The van der Waals surface area contributed by atoms with Crippen molar-refractivity contribution in [1.29, 1.82) is 0 Å². The third-order valence-corrected chi connectivity index (χ3v) is 4.23. The molecule has 0 bridgehead atoms. The van der Waals surface area contributed by atoms with Crippen LogP contribution in [0.4, 0.5) is 4.79 Å². The van der Waals surface area contributed by atoms with Crippen molar-refractivity contribution >= 4 is 12.0 Å². The summed E-state index contributed by atoms with van der Waals surface area (Å²) in [5.41, 5.74) is 0.926. The van der Waals surface area contributed by atoms with Crippen LogP contribution >= 0.6 is 0 Å². The lowest BCUT2D eigenvalue weighted by atomic mass is 9.92. The summed E-state index contributed by atoms with van der Waals surface area (Å²) in [5.74, 6) is 0.199. The summed E-state index contributed by atoms with van der Waals surface area (Å²) in [6, 6.07) is 9.32. The Labute approximate surface area is 132 Å². The van der Waals surface area contributed by atoms with E-state index < -0.39 is 6.09 Å². The second-order valence-electron chi connectivity index (χ2n) is 6.40. The Kier molecular flexibility index (Phi) is 5.22. The molecule has 1 aromatic carbocycles. The molecule has 3 unspecified atom stereocenters. The van der Waals surface area contributed by atoms with Crippen LogP contribution in [0.2, 0.25) is 0 Å². The van der Waals surface area contributed by atoms with E-state index in [0.717, 1.165) is 18.4 Å². The Balaban J connectivity index is 2.18. The van der Waals surface area contributed by atoms with Crippen molar-refractivity contribution in [2.24, 2.45) is 11.8 Å². The van der Waals surface area contributed by atoms with Crippen molar-refractivity contribution in [2.45, 2.75) is 52.7 Å². The number of amides is 2. The zero-order valence-corrected chi connectivity index (χ0v) is 13.8. The van der Waals surface area contributed by atoms with Gasteiger partial charge in [-0.3, -0.25) is 4.79 Å². The number of carbonyl (C=O) groups is 2. The van der Waals surface area contributed by atoms with Crippen molar-refractivity contribution in [2.75, 3.05) is 0 Å². The van der Waals surface area contributed by atoms with E-state index in [1.54, 1.807) is 0 Å². The first-order valence-corrected chi connectivity index (χ1v) is 8.04. The zero-order valence-electron chi connectivity index (χ0n) is 13.8. The molecule has 0 spiro atoms. The lowest BCUT2D eigenvalue weighted by Crippen LogP contribution is -2.41. The van der Waals surface area contributed by atoms with E-state index in [1.165, 1.54) is 4.90 Å². The standard InChI is InChI=1S/C18H25NO3/c1-5-14(11-12(2)3)17(20)19-13(4)16(22-18(19)21)15-9-7-6-8-10-15/h6-10,12-14,16H,5,11H2,1-4H3. The summed E-state index contributed by atoms with van der Waals surface area (Å²) in [4.78, 5) is 26.2. The van der Waals surface area contributed by atoms with E-state index in [9.17, 15) is 9.59 Å². The van der Waals surface area contributed by atoms with Gasteiger partial charge in [-0.25, -0.2) is 9.69 Å². The molecule has 0 N–H and O–H groups in total. The minimum absolute atomic E-state index is 0.105. The first-order valence-electron chi connectivity index (χ1n) is 8.04. The van der Waals surface area contributed by atoms with E-state index in [2.05, 4.69) is 13.8 Å². The molecular weight excluding hydrogens is 278 g/mol. The molecule has 1 fully saturated rings. The van der Waals surface area contributed by atoms with Gasteiger partial charge in [0.25, 0.3) is 0 Å². The summed E-state index contributed by atoms with van der Waals surface area (Å²) in [5, 5.41) is 0. The first kappa shape index (κ1) is 16.5. The van der Waals surface area contributed by atoms with Gasteiger partial charge in [0, 0.05) is 5.92 Å². The molecule has 0 aliphatic carbocycles. The van der Waals surface area contributed by atoms with Gasteiger partial charge >= 0.3 is 6.09 Å². The van der Waals surface area contributed by atoms with Gasteiger partial charge in [0.05, 0.1) is 6.04 Å². The van der Waals surface area contributed by atoms with Crippen LogP contribution in [-0.4, -0.2) is 22.9 Å². The van der Waals surface area contributed by atoms with Gasteiger partial charge < -0.3 is 4.74 Å². The Morgan fingerprint density at radius 3 is 2.45 bits per heavy atom. The summed E-state index contributed by atoms with van der Waals surface area (Å²) in [6.07, 6.45) is 0.633. The van der Waals surface area contributed by atoms with E-state index in [4.69, 9.17) is 4.74 Å². The van der Waals surface area contributed by atoms with Gasteiger partial charge in [-0.1, -0.05) is 51.1 Å². The molecule has 0 aromatic heterocycles. The van der Waals surface area contributed by atoms with E-state index in [0.29, 0.717) is 5.92 Å². The van der Waals surface area contributed by atoms with Crippen molar-refractivity contribution < 1.29 is 14.3 Å². The smallest absolute Gasteiger partial charge is 0.417 e. The van der Waals surface area contributed by atoms with E-state index in [-0.39, 0.29) is 24.0 Å². The Bertz CT molecular complexity index is 526. The number of hydrogen-bond donors (Lipinski definition) is 0. The number of cyclic esters (lactones) is 1. The molecule has 2 amide bonds. The van der Waals surface area contributed by atoms with Crippen LogP contribution in [0.3, 0.4) is 0 Å². The van der Waals surface area contributed by atoms with Crippen LogP contribution in [-0.2, 0) is 9.53 Å². The third-order valence-electron chi connectivity index (χ3n) is 4.23. The fourth-order valence-corrected chi connectivity index (χ4v) is 3.05. The number of imide groups is 1. The molecule has 4 heteroatoms. The van der Waals surface area contributed by atoms with Crippen LogP contribution in [0.1, 0.15) is 52.2 Å². The molecule has 1 aromatic rings. The lowest BCUT2D eigenvalue weighted by Gasteiger charge is -2.24. The summed E-state index contributed by atoms with van der Waals surface area (Å²) in [7, 11) is 0. The molecular formula is C18H25NO3. The number of nitrogens with zero attached hydrogens (tertiary/aromatic N) is 1. The molecule has 2 rings (SSSR count). The molecule has 1 aliphatic rings. The monoisotopic (exact) mass is 303 g/mol. The van der Waals surface area contributed by atoms with Crippen molar-refractivity contribution in [3.8, 4) is 0 Å². The molecule has 120 valence electrons. The molecule has 1 saturated heterocycles. The third kappa shape index (κ3) is 3.32. The van der Waals surface area contributed by atoms with Crippen molar-refractivity contribution in [3.63, 3.8) is 0 Å². The Morgan fingerprint density at radius 1 is 1.27 bits per heavy atom. The van der Waals surface area contributed by atoms with Gasteiger partial charge in [0.1, 0.15) is 6.10 Å². The molecule has 3 atom stereocenters. The maximum atomic E-state index is 12.7. The average Bonchev–Trinajstić information content (AvgIpc) is 2.79. The van der Waals surface area contributed by atoms with Crippen molar-refractivity contribution in [1.82, 2.24) is 4.90 Å². The SMILES string of the molecule is CCC(CC(C)C)C(=O)N1C(=O)OC(c2ccccc2)C1C. The largest absolute Gasteiger partial charge is 0.439 e. The minimum Gasteiger partial charge on any atom is -0.439 e. The van der Waals surface area contributed by atoms with Gasteiger partial charge in [0.15, 0.2) is 0 Å². The highest BCUT2D eigenvalue weighted by Crippen LogP contribution is 2.34.